The number of fused-ring (bicyclic) bond motifs is 3. The quantitative estimate of drug-likeness (QED) is 0.212. The minimum absolute atomic E-state index is 0.191. The number of ether oxygens (including phenoxy) is 2. The Morgan fingerprint density at radius 1 is 0.861 bits per heavy atom. The Labute approximate surface area is 222 Å². The molecule has 0 radical (unpaired) electrons. The topological polar surface area (TPSA) is 47.6 Å². The van der Waals surface area contributed by atoms with Crippen LogP contribution >= 0.6 is 11.8 Å². The van der Waals surface area contributed by atoms with Crippen molar-refractivity contribution in [2.75, 3.05) is 17.9 Å². The number of para-hydroxylation sites is 2. The first-order chi connectivity index (χ1) is 17.6. The molecule has 192 valence electrons. The summed E-state index contributed by atoms with van der Waals surface area (Å²) in [6.07, 6.45) is 8.32. The van der Waals surface area contributed by atoms with Crippen LogP contribution in [0.3, 0.4) is 0 Å². The van der Waals surface area contributed by atoms with Crippen molar-refractivity contribution in [1.29, 1.82) is 0 Å². The van der Waals surface area contributed by atoms with E-state index in [1.807, 2.05) is 30.0 Å². The van der Waals surface area contributed by atoms with Gasteiger partial charge in [0, 0.05) is 31.6 Å². The zero-order valence-corrected chi connectivity index (χ0v) is 23.0. The Balaban J connectivity index is 0.000000185. The van der Waals surface area contributed by atoms with Crippen LogP contribution in [0, 0.1) is 0 Å². The maximum absolute atomic E-state index is 12.3. The van der Waals surface area contributed by atoms with Gasteiger partial charge < -0.3 is 14.8 Å². The van der Waals surface area contributed by atoms with Crippen molar-refractivity contribution in [1.82, 2.24) is 0 Å². The predicted molar refractivity (Wildman–Crippen MR) is 152 cm³/mol. The number of unbranched alkanes of at least 4 members (excludes halogenated alkanes) is 5. The molecular formula is C30H37NO3S2. The summed E-state index contributed by atoms with van der Waals surface area (Å²) in [5.74, 6) is 2.45. The van der Waals surface area contributed by atoms with E-state index in [0.29, 0.717) is 6.79 Å². The van der Waals surface area contributed by atoms with Gasteiger partial charge >= 0.3 is 0 Å². The van der Waals surface area contributed by atoms with Crippen LogP contribution in [0.15, 0.2) is 76.5 Å². The fourth-order valence-corrected chi connectivity index (χ4v) is 6.56. The molecule has 2 aliphatic heterocycles. The van der Waals surface area contributed by atoms with Crippen molar-refractivity contribution in [3.8, 4) is 11.5 Å². The fourth-order valence-electron chi connectivity index (χ4n) is 4.30. The molecule has 2 heterocycles. The second kappa shape index (κ2) is 13.8. The molecule has 0 fully saturated rings. The van der Waals surface area contributed by atoms with Crippen molar-refractivity contribution in [2.24, 2.45) is 0 Å². The van der Waals surface area contributed by atoms with Gasteiger partial charge in [-0.3, -0.25) is 4.21 Å². The van der Waals surface area contributed by atoms with Crippen molar-refractivity contribution >= 4 is 33.9 Å². The molecule has 0 saturated carbocycles. The minimum atomic E-state index is -0.743. The van der Waals surface area contributed by atoms with Gasteiger partial charge in [0.25, 0.3) is 0 Å². The van der Waals surface area contributed by atoms with Crippen LogP contribution in [0.25, 0.3) is 0 Å². The largest absolute Gasteiger partial charge is 0.454 e. The van der Waals surface area contributed by atoms with E-state index in [9.17, 15) is 4.21 Å². The minimum Gasteiger partial charge on any atom is -0.454 e. The average molecular weight is 524 g/mol. The van der Waals surface area contributed by atoms with E-state index in [2.05, 4.69) is 67.7 Å². The molecule has 3 aromatic carbocycles. The maximum atomic E-state index is 12.3. The zero-order valence-electron chi connectivity index (χ0n) is 21.3. The Hall–Kier alpha value is -2.44. The van der Waals surface area contributed by atoms with E-state index < -0.39 is 10.8 Å². The molecule has 0 aliphatic carbocycles. The molecule has 0 aromatic heterocycles. The summed E-state index contributed by atoms with van der Waals surface area (Å²) in [5.41, 5.74) is 3.58. The van der Waals surface area contributed by atoms with Gasteiger partial charge in [-0.25, -0.2) is 0 Å². The van der Waals surface area contributed by atoms with Crippen LogP contribution in [0.2, 0.25) is 0 Å². The second-order valence-corrected chi connectivity index (χ2v) is 12.3. The number of benzene rings is 3. The van der Waals surface area contributed by atoms with E-state index in [-0.39, 0.29) is 5.25 Å². The number of rotatable bonds is 10. The number of nitrogens with one attached hydrogen (secondary N) is 1. The van der Waals surface area contributed by atoms with Gasteiger partial charge in [0.2, 0.25) is 6.79 Å². The molecular weight excluding hydrogens is 486 g/mol. The number of hydrogen-bond acceptors (Lipinski definition) is 5. The SMILES string of the molecule is CCCCCCCCS(=O)C(C)Cc1ccc2c(c1)OCO2.c1ccc2c(c1)Nc1ccccc1S2. The first-order valence-electron chi connectivity index (χ1n) is 13.0. The summed E-state index contributed by atoms with van der Waals surface area (Å²) < 4.78 is 23.0. The lowest BCUT2D eigenvalue weighted by Crippen LogP contribution is -2.16. The number of hydrogen-bond donors (Lipinski definition) is 1. The monoisotopic (exact) mass is 523 g/mol. The third-order valence-electron chi connectivity index (χ3n) is 6.37. The third-order valence-corrected chi connectivity index (χ3v) is 9.28. The van der Waals surface area contributed by atoms with E-state index in [1.165, 1.54) is 58.8 Å². The van der Waals surface area contributed by atoms with Crippen molar-refractivity contribution in [2.45, 2.75) is 73.8 Å². The normalized spacial score (nSPS) is 14.5. The van der Waals surface area contributed by atoms with E-state index in [0.717, 1.165) is 30.1 Å². The summed E-state index contributed by atoms with van der Waals surface area (Å²) in [5, 5.41) is 3.61. The maximum Gasteiger partial charge on any atom is 0.231 e. The Morgan fingerprint density at radius 3 is 2.22 bits per heavy atom. The fraction of sp³-hybridized carbons (Fsp3) is 0.400. The van der Waals surface area contributed by atoms with Crippen LogP contribution in [0.5, 0.6) is 11.5 Å². The van der Waals surface area contributed by atoms with Crippen LogP contribution < -0.4 is 14.8 Å². The molecule has 4 nitrogen and oxygen atoms in total. The van der Waals surface area contributed by atoms with Crippen LogP contribution in [-0.2, 0) is 17.2 Å². The first-order valence-corrected chi connectivity index (χ1v) is 15.2. The van der Waals surface area contributed by atoms with Gasteiger partial charge in [-0.2, -0.15) is 0 Å². The summed E-state index contributed by atoms with van der Waals surface area (Å²) in [4.78, 5) is 2.59. The summed E-state index contributed by atoms with van der Waals surface area (Å²) in [7, 11) is -0.743. The lowest BCUT2D eigenvalue weighted by atomic mass is 10.1. The molecule has 5 rings (SSSR count). The van der Waals surface area contributed by atoms with Crippen molar-refractivity contribution in [3.05, 3.63) is 72.3 Å². The molecule has 0 saturated heterocycles. The smallest absolute Gasteiger partial charge is 0.231 e. The van der Waals surface area contributed by atoms with Crippen molar-refractivity contribution in [3.63, 3.8) is 0 Å². The first kappa shape index (κ1) is 26.6. The zero-order chi connectivity index (χ0) is 25.2. The van der Waals surface area contributed by atoms with Gasteiger partial charge in [0.15, 0.2) is 11.5 Å². The van der Waals surface area contributed by atoms with Crippen molar-refractivity contribution < 1.29 is 13.7 Å². The Morgan fingerprint density at radius 2 is 1.50 bits per heavy atom. The second-order valence-electron chi connectivity index (χ2n) is 9.27. The standard InChI is InChI=1S/C18H28O3S.C12H9NS/c1-3-4-5-6-7-8-11-22(19)15(2)12-16-9-10-17-18(13-16)21-14-20-17;1-3-7-11-9(5-1)13-10-6-2-4-8-12(10)14-11/h9-10,13,15H,3-8,11-12,14H2,1-2H3;1-8,13H. The van der Waals surface area contributed by atoms with Gasteiger partial charge in [-0.15, -0.1) is 0 Å². The highest BCUT2D eigenvalue weighted by molar-refractivity contribution is 7.99. The summed E-state index contributed by atoms with van der Waals surface area (Å²) >= 11 is 1.82. The van der Waals surface area contributed by atoms with Gasteiger partial charge in [-0.1, -0.05) is 88.0 Å². The van der Waals surface area contributed by atoms with E-state index >= 15 is 0 Å². The predicted octanol–water partition coefficient (Wildman–Crippen LogP) is 8.35. The highest BCUT2D eigenvalue weighted by atomic mass is 32.2. The number of anilines is 2. The molecule has 6 heteroatoms. The highest BCUT2D eigenvalue weighted by Gasteiger charge is 2.17. The molecule has 2 unspecified atom stereocenters. The van der Waals surface area contributed by atoms with Gasteiger partial charge in [-0.05, 0) is 54.8 Å². The van der Waals surface area contributed by atoms with E-state index in [4.69, 9.17) is 9.47 Å². The summed E-state index contributed by atoms with van der Waals surface area (Å²) in [6.45, 7) is 4.61. The van der Waals surface area contributed by atoms with Gasteiger partial charge in [0.05, 0.1) is 11.4 Å². The Bertz CT molecular complexity index is 1060. The lowest BCUT2D eigenvalue weighted by Gasteiger charge is -2.19. The third kappa shape index (κ3) is 7.53. The highest BCUT2D eigenvalue weighted by Crippen LogP contribution is 2.43. The molecule has 3 aromatic rings. The Kier molecular flexibility index (Phi) is 10.2. The van der Waals surface area contributed by atoms with Crippen LogP contribution in [0.4, 0.5) is 11.4 Å². The molecule has 36 heavy (non-hydrogen) atoms. The average Bonchev–Trinajstić information content (AvgIpc) is 3.37. The van der Waals surface area contributed by atoms with Gasteiger partial charge in [0.1, 0.15) is 0 Å². The molecule has 0 spiro atoms. The molecule has 2 atom stereocenters. The summed E-state index contributed by atoms with van der Waals surface area (Å²) in [6, 6.07) is 22.8. The molecule has 0 bridgehead atoms. The molecule has 1 N–H and O–H groups in total. The van der Waals surface area contributed by atoms with E-state index in [1.54, 1.807) is 0 Å². The molecule has 0 amide bonds. The lowest BCUT2D eigenvalue weighted by molar-refractivity contribution is 0.174. The van der Waals surface area contributed by atoms with Crippen LogP contribution in [0.1, 0.15) is 57.9 Å². The molecule has 2 aliphatic rings. The van der Waals surface area contributed by atoms with Crippen LogP contribution in [-0.4, -0.2) is 22.0 Å².